The monoisotopic (exact) mass is 1070 g/mol. The zero-order valence-corrected chi connectivity index (χ0v) is 44.1. The Morgan fingerprint density at radius 1 is 0.486 bits per heavy atom. The number of piperidine rings is 2. The van der Waals surface area contributed by atoms with Gasteiger partial charge >= 0.3 is 0 Å². The quantitative estimate of drug-likeness (QED) is 0.164. The normalized spacial score (nSPS) is 16.3. The molecule has 8 aromatic rings. The molecule has 0 amide bonds. The number of fused-ring (bicyclic) bond motifs is 4. The van der Waals surface area contributed by atoms with Crippen molar-refractivity contribution >= 4 is 109 Å². The number of carbonyl (C=O) groups excluding carboxylic acids is 1. The van der Waals surface area contributed by atoms with Gasteiger partial charge in [0.25, 0.3) is 0 Å². The lowest BCUT2D eigenvalue weighted by Crippen LogP contribution is -2.53. The molecule has 18 heteroatoms. The molecule has 12 rings (SSSR count). The first-order valence-electron chi connectivity index (χ1n) is 24.7. The number of ketones is 1. The first kappa shape index (κ1) is 55.4. The number of methoxy groups -OCH3 is 2. The van der Waals surface area contributed by atoms with Crippen LogP contribution in [0.3, 0.4) is 0 Å². The summed E-state index contributed by atoms with van der Waals surface area (Å²) in [4.78, 5) is 41.1. The van der Waals surface area contributed by atoms with Crippen molar-refractivity contribution in [2.75, 3.05) is 112 Å². The maximum atomic E-state index is 14.2. The molecular weight excluding hydrogens is 1010 g/mol. The molecule has 0 bridgehead atoms. The van der Waals surface area contributed by atoms with E-state index in [1.165, 1.54) is 11.8 Å². The maximum absolute atomic E-state index is 14.2. The topological polar surface area (TPSA) is 115 Å². The Bertz CT molecular complexity index is 3150. The van der Waals surface area contributed by atoms with Gasteiger partial charge in [0.05, 0.1) is 59.0 Å². The van der Waals surface area contributed by atoms with Gasteiger partial charge in [0, 0.05) is 156 Å². The SMILES string of the molecule is COc1cc(N2CCN(C3CCN(c4ccc(F)c5cccnc45)CC3)CC2)c2ncccc2c1.COc1cc(N2CCNCC2)c2ncccc2c1.Cl.Cl.Cl.O=C1CCN(c2ccc(F)c3cccnc23)CC1. The molecule has 0 atom stereocenters. The van der Waals surface area contributed by atoms with Crippen LogP contribution < -0.4 is 34.4 Å². The summed E-state index contributed by atoms with van der Waals surface area (Å²) in [6.45, 7) is 11.4. The van der Waals surface area contributed by atoms with E-state index in [4.69, 9.17) is 9.47 Å². The molecular formula is C56H63Cl3F2N10O3. The van der Waals surface area contributed by atoms with Crippen LogP contribution in [-0.4, -0.2) is 129 Å². The molecule has 390 valence electrons. The lowest BCUT2D eigenvalue weighted by molar-refractivity contribution is -0.119. The van der Waals surface area contributed by atoms with Crippen molar-refractivity contribution in [3.05, 3.63) is 133 Å². The first-order valence-corrected chi connectivity index (χ1v) is 24.7. The van der Waals surface area contributed by atoms with Crippen LogP contribution in [0.15, 0.2) is 122 Å². The molecule has 74 heavy (non-hydrogen) atoms. The Labute approximate surface area is 449 Å². The number of ether oxygens (including phenoxy) is 2. The van der Waals surface area contributed by atoms with Crippen molar-refractivity contribution < 1.29 is 23.0 Å². The number of hydrogen-bond donors (Lipinski definition) is 1. The van der Waals surface area contributed by atoms with E-state index >= 15 is 0 Å². The number of carbonyl (C=O) groups is 1. The number of pyridine rings is 4. The Morgan fingerprint density at radius 3 is 1.38 bits per heavy atom. The zero-order valence-electron chi connectivity index (χ0n) is 41.7. The summed E-state index contributed by atoms with van der Waals surface area (Å²) in [5, 5.41) is 6.74. The summed E-state index contributed by atoms with van der Waals surface area (Å²) in [6.07, 6.45) is 10.5. The van der Waals surface area contributed by atoms with Crippen LogP contribution in [-0.2, 0) is 4.79 Å². The summed E-state index contributed by atoms with van der Waals surface area (Å²) in [7, 11) is 3.43. The van der Waals surface area contributed by atoms with E-state index in [0.717, 1.165) is 134 Å². The average molecular weight is 1070 g/mol. The summed E-state index contributed by atoms with van der Waals surface area (Å²) in [6, 6.07) is 30.7. The van der Waals surface area contributed by atoms with Gasteiger partial charge < -0.3 is 34.4 Å². The van der Waals surface area contributed by atoms with Crippen molar-refractivity contribution in [2.24, 2.45) is 0 Å². The van der Waals surface area contributed by atoms with E-state index in [2.05, 4.69) is 80.1 Å². The molecule has 4 aromatic heterocycles. The third kappa shape index (κ3) is 12.2. The van der Waals surface area contributed by atoms with Gasteiger partial charge in [0.15, 0.2) is 0 Å². The molecule has 1 N–H and O–H groups in total. The Balaban J connectivity index is 0.000000174. The number of aromatic nitrogens is 4. The summed E-state index contributed by atoms with van der Waals surface area (Å²) in [5.41, 5.74) is 7.82. The minimum Gasteiger partial charge on any atom is -0.497 e. The first-order chi connectivity index (χ1) is 34.8. The van der Waals surface area contributed by atoms with Crippen LogP contribution in [0, 0.1) is 11.6 Å². The number of hydrogen-bond acceptors (Lipinski definition) is 13. The smallest absolute Gasteiger partial charge is 0.136 e. The Hall–Kier alpha value is -6.36. The predicted molar refractivity (Wildman–Crippen MR) is 302 cm³/mol. The number of nitrogens with zero attached hydrogens (tertiary/aromatic N) is 9. The fourth-order valence-electron chi connectivity index (χ4n) is 10.5. The number of benzene rings is 4. The van der Waals surface area contributed by atoms with Crippen LogP contribution in [0.5, 0.6) is 11.5 Å². The highest BCUT2D eigenvalue weighted by molar-refractivity contribution is 5.95. The number of halogens is 5. The molecule has 0 aliphatic carbocycles. The van der Waals surface area contributed by atoms with Gasteiger partial charge in [0.1, 0.15) is 28.9 Å². The zero-order chi connectivity index (χ0) is 48.7. The number of piperazine rings is 2. The van der Waals surface area contributed by atoms with Crippen molar-refractivity contribution in [3.8, 4) is 11.5 Å². The molecule has 4 saturated heterocycles. The number of Topliss-reactive ketones (excluding diaryl/α,β-unsaturated/α-hetero) is 1. The lowest BCUT2D eigenvalue weighted by atomic mass is 10.0. The average Bonchev–Trinajstić information content (AvgIpc) is 3.44. The van der Waals surface area contributed by atoms with Crippen LogP contribution in [0.25, 0.3) is 43.6 Å². The molecule has 13 nitrogen and oxygen atoms in total. The van der Waals surface area contributed by atoms with E-state index < -0.39 is 0 Å². The van der Waals surface area contributed by atoms with Crippen LogP contribution in [0.1, 0.15) is 25.7 Å². The lowest BCUT2D eigenvalue weighted by Gasteiger charge is -2.44. The molecule has 4 fully saturated rings. The summed E-state index contributed by atoms with van der Waals surface area (Å²) in [5.74, 6) is 1.60. The second kappa shape index (κ2) is 25.7. The minimum atomic E-state index is -0.255. The van der Waals surface area contributed by atoms with Crippen molar-refractivity contribution in [3.63, 3.8) is 0 Å². The van der Waals surface area contributed by atoms with Crippen LogP contribution in [0.2, 0.25) is 0 Å². The van der Waals surface area contributed by atoms with Crippen LogP contribution >= 0.6 is 37.2 Å². The van der Waals surface area contributed by atoms with Gasteiger partial charge in [-0.25, -0.2) is 8.78 Å². The molecule has 0 unspecified atom stereocenters. The highest BCUT2D eigenvalue weighted by Gasteiger charge is 2.29. The molecule has 0 radical (unpaired) electrons. The van der Waals surface area contributed by atoms with E-state index in [0.29, 0.717) is 54.0 Å². The van der Waals surface area contributed by atoms with Crippen LogP contribution in [0.4, 0.5) is 31.5 Å². The molecule has 4 aliphatic rings. The number of anilines is 4. The predicted octanol–water partition coefficient (Wildman–Crippen LogP) is 10.2. The fourth-order valence-corrected chi connectivity index (χ4v) is 10.5. The molecule has 4 aliphatic heterocycles. The highest BCUT2D eigenvalue weighted by atomic mass is 35.5. The summed E-state index contributed by atoms with van der Waals surface area (Å²) >= 11 is 0. The molecule has 8 heterocycles. The van der Waals surface area contributed by atoms with E-state index in [-0.39, 0.29) is 48.9 Å². The second-order valence-electron chi connectivity index (χ2n) is 18.4. The second-order valence-corrected chi connectivity index (χ2v) is 18.4. The Kier molecular flexibility index (Phi) is 19.3. The van der Waals surface area contributed by atoms with Crippen molar-refractivity contribution in [1.82, 2.24) is 30.2 Å². The largest absolute Gasteiger partial charge is 0.497 e. The Morgan fingerprint density at radius 2 is 0.905 bits per heavy atom. The molecule has 0 spiro atoms. The van der Waals surface area contributed by atoms with Crippen molar-refractivity contribution in [1.29, 1.82) is 0 Å². The maximum Gasteiger partial charge on any atom is 0.136 e. The molecule has 0 saturated carbocycles. The van der Waals surface area contributed by atoms with Gasteiger partial charge in [0.2, 0.25) is 0 Å². The molecule has 4 aromatic carbocycles. The van der Waals surface area contributed by atoms with Gasteiger partial charge in [-0.3, -0.25) is 29.6 Å². The minimum absolute atomic E-state index is 0. The number of rotatable bonds is 7. The highest BCUT2D eigenvalue weighted by Crippen LogP contribution is 2.35. The standard InChI is InChI=1S/C28H30FN5O.C14H13FN2O.C14H17N3O.3ClH/c1-35-22-18-20-4-2-10-30-27(20)26(19-22)34-16-14-32(15-17-34)21-8-12-33(13-9-21)25-7-6-24(29)23-5-3-11-31-28(23)25;15-12-3-4-13(14-11(12)2-1-7-16-14)17-8-5-10(18)6-9-17;1-18-12-9-11-3-2-4-16-14(11)13(10-12)17-7-5-15-6-8-17;;;/h2-7,10-11,18-19,21H,8-9,12-17H2,1H3;1-4,7H,5-6,8-9H2;2-4,9-10,15H,5-8H2,1H3;3*1H. The van der Waals surface area contributed by atoms with Gasteiger partial charge in [-0.05, 0) is 85.6 Å². The fraction of sp³-hybridized carbons (Fsp3) is 0.339. The third-order valence-corrected chi connectivity index (χ3v) is 14.3. The third-order valence-electron chi connectivity index (χ3n) is 14.3. The summed E-state index contributed by atoms with van der Waals surface area (Å²) < 4.78 is 38.9. The van der Waals surface area contributed by atoms with Gasteiger partial charge in [-0.15, -0.1) is 37.2 Å². The van der Waals surface area contributed by atoms with Gasteiger partial charge in [-0.1, -0.05) is 12.1 Å². The van der Waals surface area contributed by atoms with E-state index in [1.807, 2.05) is 42.7 Å². The van der Waals surface area contributed by atoms with E-state index in [1.54, 1.807) is 56.9 Å². The number of nitrogens with one attached hydrogen (secondary N) is 1. The van der Waals surface area contributed by atoms with Crippen molar-refractivity contribution in [2.45, 2.75) is 31.7 Å². The van der Waals surface area contributed by atoms with Gasteiger partial charge in [-0.2, -0.15) is 0 Å². The van der Waals surface area contributed by atoms with E-state index in [9.17, 15) is 13.6 Å².